The van der Waals surface area contributed by atoms with Gasteiger partial charge in [0.15, 0.2) is 22.2 Å². The smallest absolute Gasteiger partial charge is 0.157 e. The van der Waals surface area contributed by atoms with Gasteiger partial charge in [0.1, 0.15) is 17.4 Å². The van der Waals surface area contributed by atoms with Crippen LogP contribution in [-0.4, -0.2) is 23.3 Å². The van der Waals surface area contributed by atoms with Crippen molar-refractivity contribution >= 4 is 27.9 Å². The standard InChI is InChI=1S/C31H28F2O5S2/c32-27-5-1-3-23(15-27)17-29(25-11-7-21(8-12-25)19-39(35)36)31(34)30(18-24-4-2-6-28(33)16-24)26-13-9-22(10-14-26)20-40(37)38/h1-16,29-30H,17-20H2,(H,35,36)(H,37,38). The first kappa shape index (κ1) is 29.6. The van der Waals surface area contributed by atoms with Crippen molar-refractivity contribution in [2.45, 2.75) is 36.2 Å². The molecule has 0 spiro atoms. The van der Waals surface area contributed by atoms with Crippen LogP contribution in [0.5, 0.6) is 0 Å². The van der Waals surface area contributed by atoms with Crippen LogP contribution in [0.3, 0.4) is 0 Å². The summed E-state index contributed by atoms with van der Waals surface area (Å²) in [6.07, 6.45) is 0.423. The van der Waals surface area contributed by atoms with Crippen LogP contribution in [0.15, 0.2) is 97.1 Å². The van der Waals surface area contributed by atoms with Crippen molar-refractivity contribution in [2.75, 3.05) is 0 Å². The van der Waals surface area contributed by atoms with Crippen molar-refractivity contribution in [2.24, 2.45) is 0 Å². The van der Waals surface area contributed by atoms with Gasteiger partial charge in [0, 0.05) is 11.8 Å². The second-order valence-corrected chi connectivity index (χ2v) is 11.5. The number of Topliss-reactive ketones (excluding diaryl/α,β-unsaturated/α-hetero) is 1. The zero-order valence-corrected chi connectivity index (χ0v) is 23.0. The van der Waals surface area contributed by atoms with Crippen molar-refractivity contribution in [3.8, 4) is 0 Å². The van der Waals surface area contributed by atoms with Gasteiger partial charge in [-0.1, -0.05) is 72.8 Å². The van der Waals surface area contributed by atoms with E-state index in [-0.39, 0.29) is 30.1 Å². The maximum atomic E-state index is 14.4. The second kappa shape index (κ2) is 13.8. The van der Waals surface area contributed by atoms with Crippen LogP contribution < -0.4 is 0 Å². The van der Waals surface area contributed by atoms with Gasteiger partial charge in [-0.2, -0.15) is 0 Å². The zero-order valence-electron chi connectivity index (χ0n) is 21.4. The lowest BCUT2D eigenvalue weighted by atomic mass is 9.78. The number of hydrogen-bond donors (Lipinski definition) is 2. The maximum Gasteiger partial charge on any atom is 0.157 e. The molecule has 5 nitrogen and oxygen atoms in total. The molecular formula is C31H28F2O5S2. The van der Waals surface area contributed by atoms with E-state index in [0.717, 1.165) is 0 Å². The molecule has 0 aliphatic rings. The molecule has 0 aliphatic heterocycles. The Morgan fingerprint density at radius 2 is 0.975 bits per heavy atom. The van der Waals surface area contributed by atoms with E-state index in [4.69, 9.17) is 0 Å². The van der Waals surface area contributed by atoms with Crippen LogP contribution in [0.25, 0.3) is 0 Å². The minimum absolute atomic E-state index is 0.0457. The number of benzene rings is 4. The van der Waals surface area contributed by atoms with Gasteiger partial charge in [-0.15, -0.1) is 0 Å². The summed E-state index contributed by atoms with van der Waals surface area (Å²) in [5.41, 5.74) is 3.86. The van der Waals surface area contributed by atoms with Gasteiger partial charge in [0.2, 0.25) is 0 Å². The average Bonchev–Trinajstić information content (AvgIpc) is 2.91. The highest BCUT2D eigenvalue weighted by Crippen LogP contribution is 2.33. The first-order valence-corrected chi connectivity index (χ1v) is 15.1. The zero-order chi connectivity index (χ0) is 28.6. The van der Waals surface area contributed by atoms with E-state index in [1.165, 1.54) is 24.3 Å². The fraction of sp³-hybridized carbons (Fsp3) is 0.194. The number of rotatable bonds is 12. The topological polar surface area (TPSA) is 91.7 Å². The van der Waals surface area contributed by atoms with Crippen LogP contribution in [0.1, 0.15) is 45.2 Å². The Kier molecular flexibility index (Phi) is 10.2. The van der Waals surface area contributed by atoms with E-state index in [2.05, 4.69) is 0 Å². The molecule has 0 aromatic heterocycles. The molecule has 4 unspecified atom stereocenters. The molecule has 0 amide bonds. The SMILES string of the molecule is O=C(C(Cc1cccc(F)c1)c1ccc(CS(=O)O)cc1)C(Cc1cccc(F)c1)c1ccc(CS(=O)O)cc1. The molecule has 4 rings (SSSR count). The van der Waals surface area contributed by atoms with Crippen molar-refractivity contribution in [3.63, 3.8) is 0 Å². The summed E-state index contributed by atoms with van der Waals surface area (Å²) in [5, 5.41) is 0. The molecule has 4 aromatic carbocycles. The summed E-state index contributed by atoms with van der Waals surface area (Å²) in [7, 11) is 0. The summed E-state index contributed by atoms with van der Waals surface area (Å²) < 4.78 is 69.1. The molecule has 2 N–H and O–H groups in total. The van der Waals surface area contributed by atoms with Gasteiger partial charge in [0.25, 0.3) is 0 Å². The van der Waals surface area contributed by atoms with Gasteiger partial charge >= 0.3 is 0 Å². The summed E-state index contributed by atoms with van der Waals surface area (Å²) in [4.78, 5) is 14.4. The largest absolute Gasteiger partial charge is 0.306 e. The van der Waals surface area contributed by atoms with E-state index in [1.54, 1.807) is 72.8 Å². The first-order chi connectivity index (χ1) is 19.2. The molecule has 9 heteroatoms. The maximum absolute atomic E-state index is 14.4. The Morgan fingerprint density at radius 3 is 1.30 bits per heavy atom. The predicted molar refractivity (Wildman–Crippen MR) is 153 cm³/mol. The summed E-state index contributed by atoms with van der Waals surface area (Å²) in [6, 6.07) is 25.8. The highest BCUT2D eigenvalue weighted by molar-refractivity contribution is 7.78. The summed E-state index contributed by atoms with van der Waals surface area (Å²) in [5.74, 6) is -2.48. The Bertz CT molecular complexity index is 1390. The highest BCUT2D eigenvalue weighted by atomic mass is 32.2. The molecule has 4 aromatic rings. The van der Waals surface area contributed by atoms with Crippen LogP contribution in [0.2, 0.25) is 0 Å². The molecule has 4 atom stereocenters. The van der Waals surface area contributed by atoms with Crippen LogP contribution in [0, 0.1) is 11.6 Å². The third-order valence-corrected chi connectivity index (χ3v) is 7.85. The molecule has 0 radical (unpaired) electrons. The van der Waals surface area contributed by atoms with Crippen molar-refractivity contribution in [1.82, 2.24) is 0 Å². The third kappa shape index (κ3) is 8.32. The Hall–Kier alpha value is -3.37. The lowest BCUT2D eigenvalue weighted by molar-refractivity contribution is -0.122. The summed E-state index contributed by atoms with van der Waals surface area (Å²) >= 11 is -4.03. The first-order valence-electron chi connectivity index (χ1n) is 12.5. The van der Waals surface area contributed by atoms with Gasteiger partial charge in [0.05, 0.1) is 11.5 Å². The number of ketones is 1. The van der Waals surface area contributed by atoms with Crippen LogP contribution >= 0.6 is 0 Å². The molecule has 0 bridgehead atoms. The van der Waals surface area contributed by atoms with E-state index in [0.29, 0.717) is 33.4 Å². The van der Waals surface area contributed by atoms with Crippen LogP contribution in [0.4, 0.5) is 8.78 Å². The number of carbonyl (C=O) groups excluding carboxylic acids is 1. The van der Waals surface area contributed by atoms with E-state index >= 15 is 0 Å². The van der Waals surface area contributed by atoms with Gasteiger partial charge < -0.3 is 9.11 Å². The monoisotopic (exact) mass is 582 g/mol. The lowest BCUT2D eigenvalue weighted by Crippen LogP contribution is -2.24. The normalized spacial score (nSPS) is 14.3. The number of hydrogen-bond acceptors (Lipinski definition) is 3. The van der Waals surface area contributed by atoms with Gasteiger partial charge in [-0.3, -0.25) is 4.79 Å². The number of carbonyl (C=O) groups is 1. The molecular weight excluding hydrogens is 554 g/mol. The number of halogens is 2. The van der Waals surface area contributed by atoms with Crippen molar-refractivity contribution in [3.05, 3.63) is 142 Å². The minimum atomic E-state index is -2.01. The Morgan fingerprint density at radius 1 is 0.600 bits per heavy atom. The predicted octanol–water partition coefficient (Wildman–Crippen LogP) is 6.33. The molecule has 40 heavy (non-hydrogen) atoms. The third-order valence-electron chi connectivity index (χ3n) is 6.69. The lowest BCUT2D eigenvalue weighted by Gasteiger charge is -2.24. The summed E-state index contributed by atoms with van der Waals surface area (Å²) in [6.45, 7) is 0. The molecule has 0 saturated heterocycles. The minimum Gasteiger partial charge on any atom is -0.306 e. The molecule has 0 heterocycles. The Labute approximate surface area is 236 Å². The quantitative estimate of drug-likeness (QED) is 0.191. The molecule has 0 fully saturated rings. The van der Waals surface area contributed by atoms with E-state index in [1.807, 2.05) is 0 Å². The molecule has 0 aliphatic carbocycles. The van der Waals surface area contributed by atoms with Gasteiger partial charge in [-0.25, -0.2) is 17.2 Å². The second-order valence-electron chi connectivity index (χ2n) is 9.59. The van der Waals surface area contributed by atoms with Crippen molar-refractivity contribution < 1.29 is 31.1 Å². The van der Waals surface area contributed by atoms with Crippen LogP contribution in [-0.2, 0) is 51.3 Å². The van der Waals surface area contributed by atoms with E-state index < -0.39 is 45.6 Å². The fourth-order valence-corrected chi connectivity index (χ4v) is 5.74. The Balaban J connectivity index is 1.75. The van der Waals surface area contributed by atoms with Gasteiger partial charge in [-0.05, 0) is 70.5 Å². The molecule has 208 valence electrons. The van der Waals surface area contributed by atoms with E-state index in [9.17, 15) is 31.1 Å². The van der Waals surface area contributed by atoms with Crippen molar-refractivity contribution in [1.29, 1.82) is 0 Å². The highest BCUT2D eigenvalue weighted by Gasteiger charge is 2.30. The average molecular weight is 583 g/mol. The fourth-order valence-electron chi connectivity index (χ4n) is 4.79. The molecule has 0 saturated carbocycles.